The number of likely N-dealkylation sites (tertiary alicyclic amines) is 1. The Morgan fingerprint density at radius 2 is 1.69 bits per heavy atom. The van der Waals surface area contributed by atoms with E-state index in [0.29, 0.717) is 52.1 Å². The maximum Gasteiger partial charge on any atom is 0.410 e. The van der Waals surface area contributed by atoms with E-state index in [9.17, 15) is 23.2 Å². The summed E-state index contributed by atoms with van der Waals surface area (Å²) in [6.07, 6.45) is 0.486. The van der Waals surface area contributed by atoms with Gasteiger partial charge < -0.3 is 14.5 Å². The Hall–Kier alpha value is -2.37. The summed E-state index contributed by atoms with van der Waals surface area (Å²) in [5, 5.41) is 9.30. The van der Waals surface area contributed by atoms with E-state index in [2.05, 4.69) is 4.90 Å². The van der Waals surface area contributed by atoms with Gasteiger partial charge in [-0.05, 0) is 58.1 Å². The van der Waals surface area contributed by atoms with Crippen LogP contribution < -0.4 is 10.4 Å². The molecule has 1 aromatic carbocycles. The number of ether oxygens (including phenoxy) is 1. The highest BCUT2D eigenvalue weighted by Gasteiger charge is 2.39. The van der Waals surface area contributed by atoms with Gasteiger partial charge in [0.15, 0.2) is 0 Å². The average molecular weight is 511 g/mol. The Morgan fingerprint density at radius 3 is 2.23 bits per heavy atom. The molecule has 2 amide bonds. The van der Waals surface area contributed by atoms with Gasteiger partial charge in [-0.1, -0.05) is 18.2 Å². The monoisotopic (exact) mass is 510 g/mol. The fraction of sp³-hybridized carbons (Fsp3) is 0.667. The minimum absolute atomic E-state index is 0.274. The first-order valence-electron chi connectivity index (χ1n) is 12.1. The van der Waals surface area contributed by atoms with Crippen molar-refractivity contribution in [1.82, 2.24) is 14.7 Å². The number of rotatable bonds is 6. The largest absolute Gasteiger partial charge is 0.444 e. The maximum atomic E-state index is 13.3. The van der Waals surface area contributed by atoms with E-state index in [1.165, 1.54) is 4.31 Å². The predicted molar refractivity (Wildman–Crippen MR) is 133 cm³/mol. The minimum atomic E-state index is -3.73. The van der Waals surface area contributed by atoms with Crippen LogP contribution in [-0.2, 0) is 19.6 Å². The lowest BCUT2D eigenvalue weighted by Crippen LogP contribution is -2.52. The van der Waals surface area contributed by atoms with Crippen LogP contribution >= 0.6 is 0 Å². The Labute approximate surface area is 208 Å². The number of benzene rings is 1. The summed E-state index contributed by atoms with van der Waals surface area (Å²) in [6.45, 7) is 9.95. The van der Waals surface area contributed by atoms with Gasteiger partial charge in [-0.15, -0.1) is 0 Å². The van der Waals surface area contributed by atoms with Crippen LogP contribution in [0.25, 0.3) is 0 Å². The number of nitrogens with one attached hydrogen (secondary N) is 1. The molecule has 2 aliphatic heterocycles. The van der Waals surface area contributed by atoms with Crippen molar-refractivity contribution in [2.24, 2.45) is 11.8 Å². The van der Waals surface area contributed by atoms with Gasteiger partial charge in [-0.3, -0.25) is 10.0 Å². The number of nitrogens with zero attached hydrogens (tertiary/aromatic N) is 3. The number of carbonyl (C=O) groups excluding carboxylic acids is 2. The number of hydrogen-bond acceptors (Lipinski definition) is 7. The normalized spacial score (nSPS) is 19.3. The quantitative estimate of drug-likeness (QED) is 0.445. The van der Waals surface area contributed by atoms with Crippen LogP contribution in [-0.4, -0.2) is 85.5 Å². The number of aryl methyl sites for hydroxylation is 1. The van der Waals surface area contributed by atoms with E-state index in [-0.39, 0.29) is 11.7 Å². The van der Waals surface area contributed by atoms with Crippen molar-refractivity contribution >= 4 is 27.7 Å². The molecule has 3 rings (SSSR count). The molecule has 2 N–H and O–H groups in total. The van der Waals surface area contributed by atoms with Crippen LogP contribution in [0, 0.1) is 18.8 Å². The molecular formula is C24H38N4O6S. The van der Waals surface area contributed by atoms with Gasteiger partial charge in [0.25, 0.3) is 0 Å². The van der Waals surface area contributed by atoms with Gasteiger partial charge in [0.2, 0.25) is 15.9 Å². The molecule has 0 spiro atoms. The van der Waals surface area contributed by atoms with Gasteiger partial charge in [0.05, 0.1) is 11.7 Å². The maximum absolute atomic E-state index is 13.3. The SMILES string of the molecule is Cc1ccccc1N1CCN(S(=O)(=O)CC(C(=O)NO)C2CCN(C(=O)OC(C)(C)C)CC2)CC1. The lowest BCUT2D eigenvalue weighted by Gasteiger charge is -2.38. The molecule has 35 heavy (non-hydrogen) atoms. The molecule has 10 nitrogen and oxygen atoms in total. The first-order valence-corrected chi connectivity index (χ1v) is 13.7. The second-order valence-electron chi connectivity index (χ2n) is 10.3. The highest BCUT2D eigenvalue weighted by molar-refractivity contribution is 7.89. The third kappa shape index (κ3) is 7.08. The number of carbonyl (C=O) groups is 2. The van der Waals surface area contributed by atoms with Crippen molar-refractivity contribution in [3.8, 4) is 0 Å². The van der Waals surface area contributed by atoms with Gasteiger partial charge in [0, 0.05) is 45.0 Å². The van der Waals surface area contributed by atoms with Crippen molar-refractivity contribution in [2.75, 3.05) is 49.9 Å². The molecular weight excluding hydrogens is 472 g/mol. The Balaban J connectivity index is 1.61. The molecule has 0 aromatic heterocycles. The molecule has 11 heteroatoms. The van der Waals surface area contributed by atoms with Crippen LogP contribution in [0.5, 0.6) is 0 Å². The Morgan fingerprint density at radius 1 is 1.09 bits per heavy atom. The van der Waals surface area contributed by atoms with E-state index < -0.39 is 33.5 Å². The minimum Gasteiger partial charge on any atom is -0.444 e. The smallest absolute Gasteiger partial charge is 0.410 e. The zero-order chi connectivity index (χ0) is 25.8. The molecule has 1 atom stereocenters. The lowest BCUT2D eigenvalue weighted by molar-refractivity contribution is -0.134. The number of hydrogen-bond donors (Lipinski definition) is 2. The Bertz CT molecular complexity index is 994. The van der Waals surface area contributed by atoms with Crippen LogP contribution in [0.2, 0.25) is 0 Å². The first-order chi connectivity index (χ1) is 16.4. The fourth-order valence-corrected chi connectivity index (χ4v) is 6.59. The Kier molecular flexibility index (Phi) is 8.66. The van der Waals surface area contributed by atoms with Crippen molar-refractivity contribution in [2.45, 2.75) is 46.1 Å². The average Bonchev–Trinajstić information content (AvgIpc) is 2.81. The van der Waals surface area contributed by atoms with E-state index in [4.69, 9.17) is 4.74 Å². The lowest BCUT2D eigenvalue weighted by atomic mass is 9.85. The number of sulfonamides is 1. The van der Waals surface area contributed by atoms with E-state index >= 15 is 0 Å². The second kappa shape index (κ2) is 11.1. The predicted octanol–water partition coefficient (Wildman–Crippen LogP) is 2.22. The third-order valence-electron chi connectivity index (χ3n) is 6.69. The zero-order valence-corrected chi connectivity index (χ0v) is 21.9. The van der Waals surface area contributed by atoms with Crippen LogP contribution in [0.3, 0.4) is 0 Å². The summed E-state index contributed by atoms with van der Waals surface area (Å²) in [5.74, 6) is -2.26. The van der Waals surface area contributed by atoms with Crippen LogP contribution in [0.4, 0.5) is 10.5 Å². The number of para-hydroxylation sites is 1. The molecule has 0 aliphatic carbocycles. The van der Waals surface area contributed by atoms with Gasteiger partial charge in [0.1, 0.15) is 5.60 Å². The summed E-state index contributed by atoms with van der Waals surface area (Å²) in [5.41, 5.74) is 3.28. The van der Waals surface area contributed by atoms with Crippen molar-refractivity contribution in [3.63, 3.8) is 0 Å². The number of anilines is 1. The number of piperazine rings is 1. The topological polar surface area (TPSA) is 119 Å². The molecule has 196 valence electrons. The summed E-state index contributed by atoms with van der Waals surface area (Å²) in [4.78, 5) is 28.6. The third-order valence-corrected chi connectivity index (χ3v) is 8.62. The fourth-order valence-electron chi connectivity index (χ4n) is 4.78. The van der Waals surface area contributed by atoms with Crippen molar-refractivity contribution in [3.05, 3.63) is 29.8 Å². The number of hydroxylamine groups is 1. The van der Waals surface area contributed by atoms with E-state index in [0.717, 1.165) is 11.3 Å². The molecule has 0 radical (unpaired) electrons. The summed E-state index contributed by atoms with van der Waals surface area (Å²) < 4.78 is 33.4. The standard InChI is InChI=1S/C24H38N4O6S/c1-18-7-5-6-8-21(18)26-13-15-28(16-14-26)35(32,33)17-20(22(29)25-31)19-9-11-27(12-10-19)23(30)34-24(2,3)4/h5-8,19-20,31H,9-17H2,1-4H3,(H,25,29). The molecule has 2 fully saturated rings. The van der Waals surface area contributed by atoms with E-state index in [1.807, 2.05) is 31.2 Å². The molecule has 1 aromatic rings. The second-order valence-corrected chi connectivity index (χ2v) is 12.4. The van der Waals surface area contributed by atoms with Crippen LogP contribution in [0.1, 0.15) is 39.2 Å². The van der Waals surface area contributed by atoms with Crippen molar-refractivity contribution < 1.29 is 28.0 Å². The highest BCUT2D eigenvalue weighted by Crippen LogP contribution is 2.29. The van der Waals surface area contributed by atoms with Crippen LogP contribution in [0.15, 0.2) is 24.3 Å². The van der Waals surface area contributed by atoms with Gasteiger partial charge in [-0.2, -0.15) is 4.31 Å². The molecule has 2 aliphatic rings. The summed E-state index contributed by atoms with van der Waals surface area (Å²) in [6, 6.07) is 8.01. The highest BCUT2D eigenvalue weighted by atomic mass is 32.2. The first kappa shape index (κ1) is 27.2. The van der Waals surface area contributed by atoms with E-state index in [1.54, 1.807) is 31.2 Å². The zero-order valence-electron chi connectivity index (χ0n) is 21.1. The summed E-state index contributed by atoms with van der Waals surface area (Å²) >= 11 is 0. The molecule has 2 saturated heterocycles. The molecule has 0 bridgehead atoms. The molecule has 0 saturated carbocycles. The van der Waals surface area contributed by atoms with Gasteiger partial charge >= 0.3 is 6.09 Å². The van der Waals surface area contributed by atoms with Crippen molar-refractivity contribution in [1.29, 1.82) is 0 Å². The number of piperidine rings is 1. The van der Waals surface area contributed by atoms with Gasteiger partial charge in [-0.25, -0.2) is 18.7 Å². The molecule has 1 unspecified atom stereocenters. The number of amides is 2. The summed E-state index contributed by atoms with van der Waals surface area (Å²) in [7, 11) is -3.73. The molecule has 2 heterocycles.